The molecule has 0 aromatic carbocycles. The Kier molecular flexibility index (Phi) is 24.4. The van der Waals surface area contributed by atoms with Crippen LogP contribution in [0.2, 0.25) is 0 Å². The number of carboxylic acids is 1. The van der Waals surface area contributed by atoms with Crippen molar-refractivity contribution in [3.63, 3.8) is 0 Å². The summed E-state index contributed by atoms with van der Waals surface area (Å²) in [6.07, 6.45) is 20.4. The van der Waals surface area contributed by atoms with Crippen LogP contribution in [0.1, 0.15) is 113 Å². The third-order valence-corrected chi connectivity index (χ3v) is 4.56. The molecule has 1 N–H and O–H groups in total. The van der Waals surface area contributed by atoms with Gasteiger partial charge in [-0.05, 0) is 6.42 Å². The normalized spacial score (nSPS) is 10.6. The average Bonchev–Trinajstić information content (AvgIpc) is 2.63. The molecule has 0 unspecified atom stereocenters. The summed E-state index contributed by atoms with van der Waals surface area (Å²) in [5, 5.41) is 8.37. The van der Waals surface area contributed by atoms with Gasteiger partial charge in [0.2, 0.25) is 0 Å². The Morgan fingerprint density at radius 2 is 1.11 bits per heavy atom. The van der Waals surface area contributed by atoms with Gasteiger partial charge >= 0.3 is 55.6 Å². The van der Waals surface area contributed by atoms with Crippen LogP contribution in [0.15, 0.2) is 12.2 Å². The van der Waals surface area contributed by atoms with Gasteiger partial charge in [0.25, 0.3) is 0 Å². The summed E-state index contributed by atoms with van der Waals surface area (Å²) in [5.41, 5.74) is 0. The quantitative estimate of drug-likeness (QED) is 0.0988. The second-order valence-electron chi connectivity index (χ2n) is 7.16. The van der Waals surface area contributed by atoms with Crippen LogP contribution >= 0.6 is 0 Å². The zero-order valence-corrected chi connectivity index (χ0v) is 20.0. The number of rotatable bonds is 18. The molecule has 0 rings (SSSR count). The number of carbonyl (C=O) groups is 3. The first-order chi connectivity index (χ1) is 13.1. The van der Waals surface area contributed by atoms with Crippen LogP contribution in [0.5, 0.6) is 0 Å². The fraction of sp³-hybridized carbons (Fsp3) is 0.773. The van der Waals surface area contributed by atoms with E-state index >= 15 is 0 Å². The maximum absolute atomic E-state index is 11.4. The van der Waals surface area contributed by atoms with E-state index in [2.05, 4.69) is 11.7 Å². The Hall–Kier alpha value is -0.390. The molecule has 0 aromatic heterocycles. The van der Waals surface area contributed by atoms with Crippen molar-refractivity contribution in [2.24, 2.45) is 0 Å². The molecule has 6 heteroatoms. The van der Waals surface area contributed by atoms with Crippen LogP contribution < -0.4 is 0 Å². The predicted octanol–water partition coefficient (Wildman–Crippen LogP) is 5.80. The molecular formula is C22H40CaO5. The predicted molar refractivity (Wildman–Crippen MR) is 115 cm³/mol. The summed E-state index contributed by atoms with van der Waals surface area (Å²) in [5.74, 6) is -2.77. The number of carbonyl (C=O) groups excluding carboxylic acids is 2. The van der Waals surface area contributed by atoms with Gasteiger partial charge in [-0.25, -0.2) is 9.59 Å². The van der Waals surface area contributed by atoms with Gasteiger partial charge in [0.05, 0.1) is 0 Å². The van der Waals surface area contributed by atoms with Crippen molar-refractivity contribution in [2.75, 3.05) is 0 Å². The molecule has 0 atom stereocenters. The molecule has 5 nitrogen and oxygen atoms in total. The fourth-order valence-electron chi connectivity index (χ4n) is 2.98. The van der Waals surface area contributed by atoms with E-state index in [4.69, 9.17) is 5.11 Å². The summed E-state index contributed by atoms with van der Waals surface area (Å²) in [6.45, 7) is 2.25. The SMILES string of the molecule is CCCCCCCCCCCCCCCCCC(=O)OC(=O)/C=C/C(=O)O.[Ca+2].[H-].[H-]. The zero-order valence-electron chi connectivity index (χ0n) is 19.8. The second kappa shape index (κ2) is 22.9. The minimum absolute atomic E-state index is 0. The van der Waals surface area contributed by atoms with Gasteiger partial charge < -0.3 is 12.7 Å². The van der Waals surface area contributed by atoms with Crippen molar-refractivity contribution in [1.82, 2.24) is 0 Å². The number of ether oxygens (including phenoxy) is 1. The molecule has 0 aliphatic rings. The van der Waals surface area contributed by atoms with Crippen molar-refractivity contribution in [3.05, 3.63) is 12.2 Å². The minimum Gasteiger partial charge on any atom is -1.00 e. The Balaban J connectivity index is -0.00000113. The molecule has 0 radical (unpaired) electrons. The summed E-state index contributed by atoms with van der Waals surface area (Å²) >= 11 is 0. The van der Waals surface area contributed by atoms with Gasteiger partial charge in [-0.1, -0.05) is 96.8 Å². The number of aliphatic carboxylic acids is 1. The molecule has 0 amide bonds. The molecule has 0 bridgehead atoms. The van der Waals surface area contributed by atoms with E-state index in [0.717, 1.165) is 18.9 Å². The van der Waals surface area contributed by atoms with Gasteiger partial charge in [0, 0.05) is 18.6 Å². The Labute approximate surface area is 203 Å². The largest absolute Gasteiger partial charge is 2.00 e. The van der Waals surface area contributed by atoms with Crippen LogP contribution in [0.4, 0.5) is 0 Å². The van der Waals surface area contributed by atoms with Crippen molar-refractivity contribution in [3.8, 4) is 0 Å². The summed E-state index contributed by atoms with van der Waals surface area (Å²) < 4.78 is 4.49. The first kappa shape index (κ1) is 29.8. The third kappa shape index (κ3) is 23.6. The van der Waals surface area contributed by atoms with Gasteiger partial charge in [0.1, 0.15) is 0 Å². The van der Waals surface area contributed by atoms with Crippen LogP contribution in [-0.4, -0.2) is 60.8 Å². The van der Waals surface area contributed by atoms with Crippen LogP contribution in [0.25, 0.3) is 0 Å². The molecule has 0 heterocycles. The molecule has 28 heavy (non-hydrogen) atoms. The van der Waals surface area contributed by atoms with Gasteiger partial charge in [0.15, 0.2) is 0 Å². The molecule has 0 aliphatic carbocycles. The first-order valence-corrected chi connectivity index (χ1v) is 10.7. The third-order valence-electron chi connectivity index (χ3n) is 4.56. The van der Waals surface area contributed by atoms with E-state index in [-0.39, 0.29) is 47.0 Å². The molecule has 0 aromatic rings. The number of hydrogen-bond donors (Lipinski definition) is 1. The van der Waals surface area contributed by atoms with Crippen molar-refractivity contribution in [2.45, 2.75) is 110 Å². The molecule has 0 saturated heterocycles. The smallest absolute Gasteiger partial charge is 1.00 e. The molecule has 0 spiro atoms. The second-order valence-corrected chi connectivity index (χ2v) is 7.16. The van der Waals surface area contributed by atoms with Crippen molar-refractivity contribution >= 4 is 55.6 Å². The molecule has 160 valence electrons. The van der Waals surface area contributed by atoms with E-state index in [0.29, 0.717) is 12.5 Å². The van der Waals surface area contributed by atoms with Gasteiger partial charge in [-0.3, -0.25) is 4.79 Å². The topological polar surface area (TPSA) is 80.7 Å². The maximum Gasteiger partial charge on any atom is 2.00 e. The zero-order chi connectivity index (χ0) is 20.2. The van der Waals surface area contributed by atoms with Crippen molar-refractivity contribution in [1.29, 1.82) is 0 Å². The summed E-state index contributed by atoms with van der Waals surface area (Å²) in [4.78, 5) is 32.8. The maximum atomic E-state index is 11.4. The van der Waals surface area contributed by atoms with Crippen LogP contribution in [0, 0.1) is 0 Å². The standard InChI is InChI=1S/C22H38O5.Ca.2H/c1-2-3-4-5-6-7-8-9-10-11-12-13-14-15-16-17-21(25)27-22(26)19-18-20(23)24;;;/h18-19H,2-17H2,1H3,(H,23,24);;;/q;+2;2*-1/b19-18+;;;. The molecule has 0 aliphatic heterocycles. The van der Waals surface area contributed by atoms with Gasteiger partial charge in [-0.15, -0.1) is 0 Å². The number of hydrogen-bond acceptors (Lipinski definition) is 4. The number of esters is 2. The summed E-state index contributed by atoms with van der Waals surface area (Å²) in [7, 11) is 0. The molecular weight excluding hydrogens is 384 g/mol. The van der Waals surface area contributed by atoms with Gasteiger partial charge in [-0.2, -0.15) is 0 Å². The first-order valence-electron chi connectivity index (χ1n) is 10.7. The Bertz CT molecular complexity index is 445. The van der Waals surface area contributed by atoms with E-state index in [1.807, 2.05) is 0 Å². The fourth-order valence-corrected chi connectivity index (χ4v) is 2.98. The van der Waals surface area contributed by atoms with E-state index in [1.54, 1.807) is 0 Å². The molecule has 0 saturated carbocycles. The van der Waals surface area contributed by atoms with E-state index in [9.17, 15) is 14.4 Å². The number of carboxylic acid groups (broad SMARTS) is 1. The minimum atomic E-state index is -1.25. The Morgan fingerprint density at radius 1 is 0.714 bits per heavy atom. The van der Waals surface area contributed by atoms with E-state index in [1.165, 1.54) is 77.0 Å². The molecule has 0 fully saturated rings. The van der Waals surface area contributed by atoms with Crippen LogP contribution in [-0.2, 0) is 19.1 Å². The van der Waals surface area contributed by atoms with Crippen LogP contribution in [0.3, 0.4) is 0 Å². The monoisotopic (exact) mass is 424 g/mol. The number of unbranched alkanes of at least 4 members (excludes halogenated alkanes) is 14. The average molecular weight is 425 g/mol. The summed E-state index contributed by atoms with van der Waals surface area (Å²) in [6, 6.07) is 0. The van der Waals surface area contributed by atoms with Crippen molar-refractivity contribution < 1.29 is 27.1 Å². The Morgan fingerprint density at radius 3 is 1.50 bits per heavy atom. The van der Waals surface area contributed by atoms with E-state index < -0.39 is 17.9 Å².